The van der Waals surface area contributed by atoms with E-state index in [-0.39, 0.29) is 0 Å². The van der Waals surface area contributed by atoms with Crippen molar-refractivity contribution in [3.63, 3.8) is 0 Å². The smallest absolute Gasteiger partial charge is 0.0809 e. The van der Waals surface area contributed by atoms with E-state index >= 15 is 0 Å². The first-order valence-electron chi connectivity index (χ1n) is 8.84. The van der Waals surface area contributed by atoms with Gasteiger partial charge in [-0.25, -0.2) is 0 Å². The molecule has 1 heterocycles. The van der Waals surface area contributed by atoms with Crippen molar-refractivity contribution in [2.75, 3.05) is 13.6 Å². The predicted octanol–water partition coefficient (Wildman–Crippen LogP) is 4.11. The van der Waals surface area contributed by atoms with Crippen LogP contribution in [0.5, 0.6) is 0 Å². The van der Waals surface area contributed by atoms with E-state index in [0.717, 1.165) is 17.9 Å². The summed E-state index contributed by atoms with van der Waals surface area (Å²) in [5, 5.41) is 1.65. The normalized spacial score (nSPS) is 30.9. The topological polar surface area (TPSA) is 3.24 Å². The number of benzene rings is 1. The Labute approximate surface area is 131 Å². The molecule has 116 valence electrons. The molecular formula is C19H31NSi. The van der Waals surface area contributed by atoms with Gasteiger partial charge in [0.2, 0.25) is 0 Å². The van der Waals surface area contributed by atoms with Gasteiger partial charge in [0.1, 0.15) is 0 Å². The summed E-state index contributed by atoms with van der Waals surface area (Å²) in [6, 6.07) is 13.7. The van der Waals surface area contributed by atoms with Crippen molar-refractivity contribution >= 4 is 13.3 Å². The number of piperidine rings is 1. The first-order chi connectivity index (χ1) is 10.1. The highest BCUT2D eigenvalue weighted by molar-refractivity contribution is 6.89. The Kier molecular flexibility index (Phi) is 4.56. The second kappa shape index (κ2) is 6.25. The molecule has 1 aromatic rings. The maximum absolute atomic E-state index is 2.66. The maximum Gasteiger partial charge on any atom is 0.0809 e. The molecular weight excluding hydrogens is 270 g/mol. The van der Waals surface area contributed by atoms with Crippen LogP contribution in [0, 0.1) is 11.8 Å². The average Bonchev–Trinajstić information content (AvgIpc) is 2.49. The SMILES string of the molecule is CN1CCC[C@@H]2[C@H](C[Si](C)(C)c3ccccc3)CCC[C@H]21. The zero-order valence-corrected chi connectivity index (χ0v) is 15.0. The summed E-state index contributed by atoms with van der Waals surface area (Å²) in [5.41, 5.74) is 0. The summed E-state index contributed by atoms with van der Waals surface area (Å²) in [6.07, 6.45) is 7.29. The van der Waals surface area contributed by atoms with Crippen molar-refractivity contribution < 1.29 is 0 Å². The maximum atomic E-state index is 2.66. The minimum atomic E-state index is -1.28. The summed E-state index contributed by atoms with van der Waals surface area (Å²) >= 11 is 0. The van der Waals surface area contributed by atoms with E-state index in [1.165, 1.54) is 44.7 Å². The lowest BCUT2D eigenvalue weighted by atomic mass is 9.72. The molecule has 3 rings (SSSR count). The fraction of sp³-hybridized carbons (Fsp3) is 0.684. The van der Waals surface area contributed by atoms with Crippen molar-refractivity contribution in [2.24, 2.45) is 11.8 Å². The first kappa shape index (κ1) is 15.3. The van der Waals surface area contributed by atoms with Gasteiger partial charge in [0.15, 0.2) is 0 Å². The van der Waals surface area contributed by atoms with E-state index in [1.54, 1.807) is 5.19 Å². The Morgan fingerprint density at radius 3 is 2.57 bits per heavy atom. The molecule has 0 amide bonds. The molecule has 1 saturated heterocycles. The van der Waals surface area contributed by atoms with E-state index in [1.807, 2.05) is 0 Å². The zero-order valence-electron chi connectivity index (χ0n) is 14.0. The van der Waals surface area contributed by atoms with Gasteiger partial charge in [-0.15, -0.1) is 0 Å². The molecule has 1 aliphatic heterocycles. The van der Waals surface area contributed by atoms with Crippen molar-refractivity contribution in [2.45, 2.75) is 57.3 Å². The van der Waals surface area contributed by atoms with Gasteiger partial charge in [-0.2, -0.15) is 0 Å². The van der Waals surface area contributed by atoms with Gasteiger partial charge in [0.25, 0.3) is 0 Å². The van der Waals surface area contributed by atoms with Crippen molar-refractivity contribution in [3.05, 3.63) is 30.3 Å². The average molecular weight is 302 g/mol. The Morgan fingerprint density at radius 1 is 1.05 bits per heavy atom. The van der Waals surface area contributed by atoms with Crippen LogP contribution in [0.4, 0.5) is 0 Å². The Balaban J connectivity index is 1.74. The lowest BCUT2D eigenvalue weighted by molar-refractivity contribution is 0.0496. The summed E-state index contributed by atoms with van der Waals surface area (Å²) in [4.78, 5) is 2.66. The molecule has 2 fully saturated rings. The lowest BCUT2D eigenvalue weighted by Crippen LogP contribution is -2.51. The molecule has 0 spiro atoms. The van der Waals surface area contributed by atoms with Crippen LogP contribution in [0.3, 0.4) is 0 Å². The molecule has 2 aliphatic rings. The molecule has 0 aromatic heterocycles. The molecule has 1 saturated carbocycles. The van der Waals surface area contributed by atoms with Crippen LogP contribution >= 0.6 is 0 Å². The third kappa shape index (κ3) is 3.27. The summed E-state index contributed by atoms with van der Waals surface area (Å²) in [5.74, 6) is 1.96. The van der Waals surface area contributed by atoms with Crippen LogP contribution in [0.15, 0.2) is 30.3 Å². The molecule has 1 aliphatic carbocycles. The van der Waals surface area contributed by atoms with E-state index < -0.39 is 8.07 Å². The van der Waals surface area contributed by atoms with Gasteiger partial charge >= 0.3 is 0 Å². The van der Waals surface area contributed by atoms with Crippen molar-refractivity contribution in [1.29, 1.82) is 0 Å². The number of likely N-dealkylation sites (tertiary alicyclic amines) is 1. The van der Waals surface area contributed by atoms with Gasteiger partial charge in [-0.1, -0.05) is 67.5 Å². The van der Waals surface area contributed by atoms with Gasteiger partial charge < -0.3 is 4.90 Å². The van der Waals surface area contributed by atoms with Crippen molar-refractivity contribution in [3.8, 4) is 0 Å². The molecule has 0 unspecified atom stereocenters. The second-order valence-corrected chi connectivity index (χ2v) is 12.8. The lowest BCUT2D eigenvalue weighted by Gasteiger charge is -2.48. The monoisotopic (exact) mass is 301 g/mol. The highest BCUT2D eigenvalue weighted by Crippen LogP contribution is 2.42. The molecule has 0 bridgehead atoms. The second-order valence-electron chi connectivity index (χ2n) is 8.00. The van der Waals surface area contributed by atoms with Gasteiger partial charge in [-0.05, 0) is 44.7 Å². The predicted molar refractivity (Wildman–Crippen MR) is 94.8 cm³/mol. The molecule has 0 radical (unpaired) electrons. The Bertz CT molecular complexity index is 456. The van der Waals surface area contributed by atoms with Gasteiger partial charge in [0, 0.05) is 6.04 Å². The first-order valence-corrected chi connectivity index (χ1v) is 12.0. The number of hydrogen-bond acceptors (Lipinski definition) is 1. The van der Waals surface area contributed by atoms with E-state index in [0.29, 0.717) is 0 Å². The number of hydrogen-bond donors (Lipinski definition) is 0. The number of fused-ring (bicyclic) bond motifs is 1. The standard InChI is InChI=1S/C19H31NSi/c1-20-14-8-12-18-16(9-7-13-19(18)20)15-21(2,3)17-10-5-4-6-11-17/h4-6,10-11,16,18-19H,7-9,12-15H2,1-3H3/t16-,18+,19+/m0/s1. The van der Waals surface area contributed by atoms with E-state index in [4.69, 9.17) is 0 Å². The molecule has 21 heavy (non-hydrogen) atoms. The van der Waals surface area contributed by atoms with Crippen LogP contribution in [0.2, 0.25) is 19.1 Å². The van der Waals surface area contributed by atoms with Crippen molar-refractivity contribution in [1.82, 2.24) is 4.90 Å². The van der Waals surface area contributed by atoms with Crippen LogP contribution in [0.25, 0.3) is 0 Å². The largest absolute Gasteiger partial charge is 0.303 e. The van der Waals surface area contributed by atoms with E-state index in [9.17, 15) is 0 Å². The van der Waals surface area contributed by atoms with Crippen LogP contribution in [-0.4, -0.2) is 32.6 Å². The summed E-state index contributed by atoms with van der Waals surface area (Å²) in [6.45, 7) is 6.49. The third-order valence-corrected chi connectivity index (χ3v) is 9.56. The quantitative estimate of drug-likeness (QED) is 0.759. The number of nitrogens with zero attached hydrogens (tertiary/aromatic N) is 1. The van der Waals surface area contributed by atoms with Crippen LogP contribution in [0.1, 0.15) is 32.1 Å². The summed E-state index contributed by atoms with van der Waals surface area (Å²) in [7, 11) is 1.08. The highest BCUT2D eigenvalue weighted by atomic mass is 28.3. The Hall–Kier alpha value is -0.603. The Morgan fingerprint density at radius 2 is 1.81 bits per heavy atom. The van der Waals surface area contributed by atoms with Gasteiger partial charge in [-0.3, -0.25) is 0 Å². The minimum absolute atomic E-state index is 0.887. The molecule has 1 aromatic carbocycles. The molecule has 1 nitrogen and oxygen atoms in total. The number of rotatable bonds is 3. The fourth-order valence-corrected chi connectivity index (χ4v) is 8.11. The zero-order chi connectivity index (χ0) is 14.9. The molecule has 3 atom stereocenters. The fourth-order valence-electron chi connectivity index (χ4n) is 4.97. The van der Waals surface area contributed by atoms with Crippen LogP contribution in [-0.2, 0) is 0 Å². The van der Waals surface area contributed by atoms with E-state index in [2.05, 4.69) is 55.4 Å². The molecule has 0 N–H and O–H groups in total. The van der Waals surface area contributed by atoms with Crippen LogP contribution < -0.4 is 5.19 Å². The minimum Gasteiger partial charge on any atom is -0.303 e. The van der Waals surface area contributed by atoms with Gasteiger partial charge in [0.05, 0.1) is 8.07 Å². The summed E-state index contributed by atoms with van der Waals surface area (Å²) < 4.78 is 0. The molecule has 2 heteroatoms. The third-order valence-electron chi connectivity index (χ3n) is 6.12. The highest BCUT2D eigenvalue weighted by Gasteiger charge is 2.40.